The number of benzene rings is 1. The Bertz CT molecular complexity index is 769. The van der Waals surface area contributed by atoms with E-state index < -0.39 is 0 Å². The Balaban J connectivity index is 1.70. The first-order valence-electron chi connectivity index (χ1n) is 6.83. The van der Waals surface area contributed by atoms with Crippen molar-refractivity contribution in [2.45, 2.75) is 13.0 Å². The first-order chi connectivity index (χ1) is 10.4. The van der Waals surface area contributed by atoms with Crippen molar-refractivity contribution in [3.8, 4) is 23.0 Å². The Labute approximate surface area is 121 Å². The van der Waals surface area contributed by atoms with E-state index >= 15 is 0 Å². The zero-order valence-corrected chi connectivity index (χ0v) is 11.3. The highest BCUT2D eigenvalue weighted by molar-refractivity contribution is 5.59. The van der Waals surface area contributed by atoms with E-state index in [1.165, 1.54) is 11.1 Å². The molecule has 3 aromatic rings. The number of hydrogen-bond acceptors (Lipinski definition) is 6. The molecule has 1 N–H and O–H groups in total. The fourth-order valence-corrected chi connectivity index (χ4v) is 2.47. The predicted octanol–water partition coefficient (Wildman–Crippen LogP) is 1.84. The van der Waals surface area contributed by atoms with Crippen molar-refractivity contribution >= 4 is 0 Å². The summed E-state index contributed by atoms with van der Waals surface area (Å²) in [6.07, 6.45) is 5.90. The van der Waals surface area contributed by atoms with Crippen molar-refractivity contribution in [1.82, 2.24) is 25.4 Å². The Morgan fingerprint density at radius 2 is 2.14 bits per heavy atom. The molecule has 2 aromatic heterocycles. The van der Waals surface area contributed by atoms with Gasteiger partial charge in [-0.15, -0.1) is 0 Å². The van der Waals surface area contributed by atoms with Crippen LogP contribution in [0.3, 0.4) is 0 Å². The Hall–Kier alpha value is -2.60. The fourth-order valence-electron chi connectivity index (χ4n) is 2.47. The summed E-state index contributed by atoms with van der Waals surface area (Å²) in [6.45, 7) is 1.91. The molecular formula is C15H13N5O. The lowest BCUT2D eigenvalue weighted by Crippen LogP contribution is -2.23. The van der Waals surface area contributed by atoms with Crippen LogP contribution in [0.1, 0.15) is 11.1 Å². The number of nitrogens with zero attached hydrogens (tertiary/aromatic N) is 4. The summed E-state index contributed by atoms with van der Waals surface area (Å²) in [6, 6.07) is 6.27. The van der Waals surface area contributed by atoms with Crippen LogP contribution in [0.25, 0.3) is 23.0 Å². The second-order valence-corrected chi connectivity index (χ2v) is 4.92. The van der Waals surface area contributed by atoms with Crippen molar-refractivity contribution < 1.29 is 4.52 Å². The van der Waals surface area contributed by atoms with Crippen LogP contribution in [-0.2, 0) is 13.0 Å². The molecule has 6 nitrogen and oxygen atoms in total. The first kappa shape index (κ1) is 12.2. The number of rotatable bonds is 2. The minimum Gasteiger partial charge on any atom is -0.334 e. The lowest BCUT2D eigenvalue weighted by atomic mass is 9.98. The average molecular weight is 279 g/mol. The van der Waals surface area contributed by atoms with E-state index in [0.29, 0.717) is 17.4 Å². The second kappa shape index (κ2) is 5.06. The summed E-state index contributed by atoms with van der Waals surface area (Å²) in [5, 5.41) is 7.34. The highest BCUT2D eigenvalue weighted by atomic mass is 16.5. The monoisotopic (exact) mass is 279 g/mol. The molecule has 104 valence electrons. The van der Waals surface area contributed by atoms with Gasteiger partial charge in [0.2, 0.25) is 5.82 Å². The second-order valence-electron chi connectivity index (χ2n) is 4.92. The van der Waals surface area contributed by atoms with Crippen molar-refractivity contribution in [2.24, 2.45) is 0 Å². The van der Waals surface area contributed by atoms with Crippen LogP contribution in [0.2, 0.25) is 0 Å². The van der Waals surface area contributed by atoms with Gasteiger partial charge >= 0.3 is 0 Å². The van der Waals surface area contributed by atoms with E-state index in [9.17, 15) is 0 Å². The third-order valence-corrected chi connectivity index (χ3v) is 3.56. The molecule has 1 aliphatic heterocycles. The van der Waals surface area contributed by atoms with Gasteiger partial charge in [0.05, 0.1) is 6.20 Å². The maximum atomic E-state index is 5.35. The third kappa shape index (κ3) is 2.30. The molecule has 0 bridgehead atoms. The van der Waals surface area contributed by atoms with E-state index in [0.717, 1.165) is 25.1 Å². The standard InChI is InChI=1S/C15H13N5O/c1-2-11(7-12-8-16-4-3-10(1)12)15-19-14(20-21-15)13-9-17-5-6-18-13/h1-2,5-7,9,16H,3-4,8H2. The van der Waals surface area contributed by atoms with Crippen LogP contribution >= 0.6 is 0 Å². The Morgan fingerprint density at radius 1 is 1.14 bits per heavy atom. The lowest BCUT2D eigenvalue weighted by molar-refractivity contribution is 0.432. The molecule has 0 aliphatic carbocycles. The van der Waals surface area contributed by atoms with Gasteiger partial charge in [-0.25, -0.2) is 4.98 Å². The molecule has 21 heavy (non-hydrogen) atoms. The van der Waals surface area contributed by atoms with Crippen LogP contribution in [0.15, 0.2) is 41.3 Å². The van der Waals surface area contributed by atoms with Crippen molar-refractivity contribution in [3.63, 3.8) is 0 Å². The molecule has 3 heterocycles. The molecule has 0 spiro atoms. The lowest BCUT2D eigenvalue weighted by Gasteiger charge is -2.16. The largest absolute Gasteiger partial charge is 0.334 e. The quantitative estimate of drug-likeness (QED) is 0.771. The van der Waals surface area contributed by atoms with Crippen LogP contribution in [0.4, 0.5) is 0 Å². The van der Waals surface area contributed by atoms with Gasteiger partial charge in [-0.1, -0.05) is 11.2 Å². The van der Waals surface area contributed by atoms with Gasteiger partial charge in [0.15, 0.2) is 0 Å². The Morgan fingerprint density at radius 3 is 3.05 bits per heavy atom. The highest BCUT2D eigenvalue weighted by Crippen LogP contribution is 2.24. The average Bonchev–Trinajstić information content (AvgIpc) is 3.05. The van der Waals surface area contributed by atoms with Gasteiger partial charge in [-0.3, -0.25) is 4.98 Å². The van der Waals surface area contributed by atoms with Crippen LogP contribution < -0.4 is 5.32 Å². The summed E-state index contributed by atoms with van der Waals surface area (Å²) in [4.78, 5) is 12.6. The summed E-state index contributed by atoms with van der Waals surface area (Å²) >= 11 is 0. The topological polar surface area (TPSA) is 76.7 Å². The molecule has 0 saturated heterocycles. The molecule has 0 fully saturated rings. The number of aromatic nitrogens is 4. The first-order valence-corrected chi connectivity index (χ1v) is 6.83. The van der Waals surface area contributed by atoms with Crippen molar-refractivity contribution in [2.75, 3.05) is 6.54 Å². The predicted molar refractivity (Wildman–Crippen MR) is 76.2 cm³/mol. The van der Waals surface area contributed by atoms with Crippen LogP contribution in [-0.4, -0.2) is 26.7 Å². The molecule has 0 unspecified atom stereocenters. The third-order valence-electron chi connectivity index (χ3n) is 3.56. The summed E-state index contributed by atoms with van der Waals surface area (Å²) < 4.78 is 5.35. The van der Waals surface area contributed by atoms with Gasteiger partial charge in [0.1, 0.15) is 5.69 Å². The van der Waals surface area contributed by atoms with Gasteiger partial charge in [0, 0.05) is 24.5 Å². The molecule has 4 rings (SSSR count). The molecule has 0 radical (unpaired) electrons. The fraction of sp³-hybridized carbons (Fsp3) is 0.200. The number of fused-ring (bicyclic) bond motifs is 1. The summed E-state index contributed by atoms with van der Waals surface area (Å²) in [5.74, 6) is 0.956. The van der Waals surface area contributed by atoms with E-state index in [2.05, 4.69) is 37.6 Å². The van der Waals surface area contributed by atoms with E-state index in [4.69, 9.17) is 4.52 Å². The van der Waals surface area contributed by atoms with E-state index in [1.807, 2.05) is 6.07 Å². The molecule has 0 amide bonds. The molecule has 0 atom stereocenters. The molecule has 0 saturated carbocycles. The zero-order valence-electron chi connectivity index (χ0n) is 11.3. The molecule has 1 aromatic carbocycles. The van der Waals surface area contributed by atoms with Gasteiger partial charge < -0.3 is 9.84 Å². The van der Waals surface area contributed by atoms with Crippen molar-refractivity contribution in [1.29, 1.82) is 0 Å². The zero-order chi connectivity index (χ0) is 14.1. The van der Waals surface area contributed by atoms with Crippen LogP contribution in [0, 0.1) is 0 Å². The maximum Gasteiger partial charge on any atom is 0.258 e. The van der Waals surface area contributed by atoms with Gasteiger partial charge in [-0.2, -0.15) is 4.98 Å². The SMILES string of the molecule is c1cnc(-c2noc(-c3ccc4c(c3)CNCC4)n2)cn1. The molecular weight excluding hydrogens is 266 g/mol. The van der Waals surface area contributed by atoms with Crippen molar-refractivity contribution in [3.05, 3.63) is 47.9 Å². The maximum absolute atomic E-state index is 5.35. The molecule has 1 aliphatic rings. The number of hydrogen-bond donors (Lipinski definition) is 1. The smallest absolute Gasteiger partial charge is 0.258 e. The highest BCUT2D eigenvalue weighted by Gasteiger charge is 2.14. The van der Waals surface area contributed by atoms with Gasteiger partial charge in [0.25, 0.3) is 5.89 Å². The Kier molecular flexibility index (Phi) is 2.93. The number of nitrogens with one attached hydrogen (secondary N) is 1. The summed E-state index contributed by atoms with van der Waals surface area (Å²) in [5.41, 5.74) is 4.20. The minimum absolute atomic E-state index is 0.453. The van der Waals surface area contributed by atoms with E-state index in [1.54, 1.807) is 18.6 Å². The van der Waals surface area contributed by atoms with Gasteiger partial charge in [-0.05, 0) is 36.2 Å². The molecule has 6 heteroatoms. The normalized spacial score (nSPS) is 13.9. The van der Waals surface area contributed by atoms with Crippen LogP contribution in [0.5, 0.6) is 0 Å². The van der Waals surface area contributed by atoms with E-state index in [-0.39, 0.29) is 0 Å². The minimum atomic E-state index is 0.453. The summed E-state index contributed by atoms with van der Waals surface area (Å²) in [7, 11) is 0.